The highest BCUT2D eigenvalue weighted by atomic mass is 16.7. The van der Waals surface area contributed by atoms with Crippen molar-refractivity contribution in [3.8, 4) is 11.5 Å². The zero-order valence-corrected chi connectivity index (χ0v) is 14.4. The van der Waals surface area contributed by atoms with E-state index >= 15 is 0 Å². The van der Waals surface area contributed by atoms with Crippen LogP contribution in [0.1, 0.15) is 44.1 Å². The van der Waals surface area contributed by atoms with Crippen molar-refractivity contribution >= 4 is 5.91 Å². The first-order valence-corrected chi connectivity index (χ1v) is 9.26. The SMILES string of the molecule is O=C(NCC1(c2ccc3c(c2)OCO3)CCCCC1)[C@H]1C[C@@H](O)CN1. The van der Waals surface area contributed by atoms with Crippen LogP contribution in [0.2, 0.25) is 0 Å². The molecule has 3 aliphatic rings. The molecule has 1 saturated carbocycles. The number of carbonyl (C=O) groups excluding carboxylic acids is 1. The van der Waals surface area contributed by atoms with Gasteiger partial charge in [0.05, 0.1) is 12.1 Å². The number of aliphatic hydroxyl groups is 1. The molecular weight excluding hydrogens is 320 g/mol. The molecule has 1 amide bonds. The van der Waals surface area contributed by atoms with E-state index in [0.29, 0.717) is 19.5 Å². The van der Waals surface area contributed by atoms with E-state index < -0.39 is 6.10 Å². The maximum Gasteiger partial charge on any atom is 0.237 e. The highest BCUT2D eigenvalue weighted by Crippen LogP contribution is 2.43. The van der Waals surface area contributed by atoms with Crippen LogP contribution in [0, 0.1) is 0 Å². The lowest BCUT2D eigenvalue weighted by atomic mass is 9.69. The minimum atomic E-state index is -0.423. The number of carbonyl (C=O) groups is 1. The molecule has 0 aromatic heterocycles. The van der Waals surface area contributed by atoms with Gasteiger partial charge in [-0.05, 0) is 37.0 Å². The summed E-state index contributed by atoms with van der Waals surface area (Å²) in [5.41, 5.74) is 1.17. The fourth-order valence-corrected chi connectivity index (χ4v) is 4.32. The third kappa shape index (κ3) is 3.33. The van der Waals surface area contributed by atoms with Gasteiger partial charge < -0.3 is 25.2 Å². The number of amides is 1. The van der Waals surface area contributed by atoms with Crippen molar-refractivity contribution < 1.29 is 19.4 Å². The van der Waals surface area contributed by atoms with Gasteiger partial charge in [0.1, 0.15) is 0 Å². The second-order valence-electron chi connectivity index (χ2n) is 7.48. The molecule has 6 nitrogen and oxygen atoms in total. The van der Waals surface area contributed by atoms with E-state index in [1.165, 1.54) is 24.8 Å². The van der Waals surface area contributed by atoms with Gasteiger partial charge in [-0.3, -0.25) is 4.79 Å². The van der Waals surface area contributed by atoms with Gasteiger partial charge in [-0.25, -0.2) is 0 Å². The summed E-state index contributed by atoms with van der Waals surface area (Å²) in [7, 11) is 0. The van der Waals surface area contributed by atoms with Gasteiger partial charge in [0.2, 0.25) is 12.7 Å². The number of rotatable bonds is 4. The number of ether oxygens (including phenoxy) is 2. The molecule has 0 spiro atoms. The van der Waals surface area contributed by atoms with Gasteiger partial charge in [-0.1, -0.05) is 25.3 Å². The normalized spacial score (nSPS) is 27.2. The lowest BCUT2D eigenvalue weighted by Gasteiger charge is -2.38. The van der Waals surface area contributed by atoms with E-state index in [9.17, 15) is 9.90 Å². The molecule has 0 radical (unpaired) electrons. The zero-order chi connectivity index (χ0) is 17.3. The number of hydrogen-bond donors (Lipinski definition) is 3. The van der Waals surface area contributed by atoms with Crippen LogP contribution in [0.4, 0.5) is 0 Å². The molecule has 0 bridgehead atoms. The first kappa shape index (κ1) is 16.7. The monoisotopic (exact) mass is 346 g/mol. The lowest BCUT2D eigenvalue weighted by molar-refractivity contribution is -0.123. The Morgan fingerprint density at radius 2 is 2.04 bits per heavy atom. The van der Waals surface area contributed by atoms with Crippen molar-refractivity contribution in [2.45, 2.75) is 56.1 Å². The van der Waals surface area contributed by atoms with Gasteiger partial charge in [0.25, 0.3) is 0 Å². The molecule has 136 valence electrons. The summed E-state index contributed by atoms with van der Waals surface area (Å²) in [6.07, 6.45) is 5.78. The minimum Gasteiger partial charge on any atom is -0.454 e. The van der Waals surface area contributed by atoms with Crippen LogP contribution in [-0.4, -0.2) is 43.0 Å². The van der Waals surface area contributed by atoms with Crippen LogP contribution in [0.5, 0.6) is 11.5 Å². The van der Waals surface area contributed by atoms with Gasteiger partial charge in [0.15, 0.2) is 11.5 Å². The first-order valence-electron chi connectivity index (χ1n) is 9.26. The summed E-state index contributed by atoms with van der Waals surface area (Å²) < 4.78 is 11.0. The minimum absolute atomic E-state index is 0.0118. The molecule has 2 aliphatic heterocycles. The van der Waals surface area contributed by atoms with E-state index in [0.717, 1.165) is 24.3 Å². The zero-order valence-electron chi connectivity index (χ0n) is 14.4. The fourth-order valence-electron chi connectivity index (χ4n) is 4.32. The van der Waals surface area contributed by atoms with Gasteiger partial charge in [0, 0.05) is 18.5 Å². The summed E-state index contributed by atoms with van der Waals surface area (Å²) in [5, 5.41) is 15.8. The summed E-state index contributed by atoms with van der Waals surface area (Å²) in [6, 6.07) is 5.89. The maximum absolute atomic E-state index is 12.5. The van der Waals surface area contributed by atoms with Crippen molar-refractivity contribution in [2.24, 2.45) is 0 Å². The molecule has 4 rings (SSSR count). The Balaban J connectivity index is 1.50. The van der Waals surface area contributed by atoms with E-state index in [1.54, 1.807) is 0 Å². The van der Waals surface area contributed by atoms with Crippen molar-refractivity contribution in [2.75, 3.05) is 19.9 Å². The standard InChI is InChI=1S/C19H26N2O4/c22-14-9-15(20-10-14)18(23)21-11-19(6-2-1-3-7-19)13-4-5-16-17(8-13)25-12-24-16/h4-5,8,14-15,20,22H,1-3,6-7,9-12H2,(H,21,23)/t14-,15-/m1/s1. The Morgan fingerprint density at radius 3 is 2.80 bits per heavy atom. The summed E-state index contributed by atoms with van der Waals surface area (Å²) >= 11 is 0. The average molecular weight is 346 g/mol. The number of hydrogen-bond acceptors (Lipinski definition) is 5. The topological polar surface area (TPSA) is 79.8 Å². The first-order chi connectivity index (χ1) is 12.2. The number of β-amino-alcohol motifs (C(OH)–C–C–N with tert-alkyl or cyclic N) is 1. The number of fused-ring (bicyclic) bond motifs is 1. The smallest absolute Gasteiger partial charge is 0.237 e. The average Bonchev–Trinajstić information content (AvgIpc) is 3.28. The largest absolute Gasteiger partial charge is 0.454 e. The van der Waals surface area contributed by atoms with E-state index in [2.05, 4.69) is 22.8 Å². The van der Waals surface area contributed by atoms with Gasteiger partial charge in [-0.2, -0.15) is 0 Å². The van der Waals surface area contributed by atoms with Crippen LogP contribution >= 0.6 is 0 Å². The molecule has 3 N–H and O–H groups in total. The summed E-state index contributed by atoms with van der Waals surface area (Å²) in [5.74, 6) is 1.58. The van der Waals surface area contributed by atoms with Crippen LogP contribution in [-0.2, 0) is 10.2 Å². The Bertz CT molecular complexity index is 642. The number of aliphatic hydroxyl groups excluding tert-OH is 1. The summed E-state index contributed by atoms with van der Waals surface area (Å²) in [4.78, 5) is 12.5. The predicted molar refractivity (Wildman–Crippen MR) is 92.8 cm³/mol. The molecule has 1 aliphatic carbocycles. The quantitative estimate of drug-likeness (QED) is 0.769. The highest BCUT2D eigenvalue weighted by molar-refractivity contribution is 5.82. The molecule has 25 heavy (non-hydrogen) atoms. The Morgan fingerprint density at radius 1 is 1.24 bits per heavy atom. The fraction of sp³-hybridized carbons (Fsp3) is 0.632. The molecule has 2 atom stereocenters. The summed E-state index contributed by atoms with van der Waals surface area (Å²) in [6.45, 7) is 1.39. The molecule has 1 aromatic carbocycles. The Hall–Kier alpha value is -1.79. The molecule has 1 aromatic rings. The third-order valence-electron chi connectivity index (χ3n) is 5.82. The maximum atomic E-state index is 12.5. The lowest BCUT2D eigenvalue weighted by Crippen LogP contribution is -2.47. The third-order valence-corrected chi connectivity index (χ3v) is 5.82. The highest BCUT2D eigenvalue weighted by Gasteiger charge is 2.36. The van der Waals surface area contributed by atoms with Gasteiger partial charge in [-0.15, -0.1) is 0 Å². The van der Waals surface area contributed by atoms with Crippen LogP contribution in [0.15, 0.2) is 18.2 Å². The molecular formula is C19H26N2O4. The second-order valence-corrected chi connectivity index (χ2v) is 7.48. The van der Waals surface area contributed by atoms with Crippen LogP contribution in [0.25, 0.3) is 0 Å². The van der Waals surface area contributed by atoms with Crippen LogP contribution < -0.4 is 20.1 Å². The predicted octanol–water partition coefficient (Wildman–Crippen LogP) is 1.46. The molecule has 6 heteroatoms. The van der Waals surface area contributed by atoms with E-state index in [1.807, 2.05) is 6.07 Å². The Labute approximate surface area is 147 Å². The molecule has 1 saturated heterocycles. The Kier molecular flexibility index (Phi) is 4.56. The van der Waals surface area contributed by atoms with E-state index in [-0.39, 0.29) is 24.2 Å². The van der Waals surface area contributed by atoms with Gasteiger partial charge >= 0.3 is 0 Å². The number of nitrogens with one attached hydrogen (secondary N) is 2. The van der Waals surface area contributed by atoms with Crippen LogP contribution in [0.3, 0.4) is 0 Å². The van der Waals surface area contributed by atoms with Crippen molar-refractivity contribution in [1.82, 2.24) is 10.6 Å². The number of benzene rings is 1. The molecule has 0 unspecified atom stereocenters. The second kappa shape index (κ2) is 6.84. The van der Waals surface area contributed by atoms with E-state index in [4.69, 9.17) is 9.47 Å². The molecule has 2 fully saturated rings. The van der Waals surface area contributed by atoms with Crippen molar-refractivity contribution in [3.05, 3.63) is 23.8 Å². The molecule has 2 heterocycles. The van der Waals surface area contributed by atoms with Crippen molar-refractivity contribution in [3.63, 3.8) is 0 Å². The van der Waals surface area contributed by atoms with Crippen molar-refractivity contribution in [1.29, 1.82) is 0 Å².